The maximum absolute atomic E-state index is 9.89. The average molecular weight is 405 g/mol. The predicted molar refractivity (Wildman–Crippen MR) is 99.3 cm³/mol. The molecule has 0 radical (unpaired) electrons. The molecule has 1 aromatic carbocycles. The first-order valence-electron chi connectivity index (χ1n) is 8.59. The van der Waals surface area contributed by atoms with Gasteiger partial charge in [-0.3, -0.25) is 0 Å². The third kappa shape index (κ3) is 3.47. The van der Waals surface area contributed by atoms with Crippen LogP contribution in [0.15, 0.2) is 28.1 Å². The molecule has 1 aliphatic heterocycles. The smallest absolute Gasteiger partial charge is 0.277 e. The Balaban J connectivity index is 1.55. The summed E-state index contributed by atoms with van der Waals surface area (Å²) in [7, 11) is 3.13. The fraction of sp³-hybridized carbons (Fsp3) is 0.389. The lowest BCUT2D eigenvalue weighted by molar-refractivity contribution is -0.0225. The average Bonchev–Trinajstić information content (AvgIpc) is 3.46. The van der Waals surface area contributed by atoms with Crippen molar-refractivity contribution in [3.8, 4) is 34.5 Å². The minimum atomic E-state index is -0.706. The van der Waals surface area contributed by atoms with Crippen molar-refractivity contribution >= 4 is 11.3 Å². The van der Waals surface area contributed by atoms with Crippen molar-refractivity contribution in [3.63, 3.8) is 0 Å². The van der Waals surface area contributed by atoms with Crippen LogP contribution >= 0.6 is 11.3 Å². The fourth-order valence-corrected chi connectivity index (χ4v) is 3.85. The van der Waals surface area contributed by atoms with Crippen LogP contribution in [0.25, 0.3) is 23.0 Å². The van der Waals surface area contributed by atoms with Crippen LogP contribution in [-0.4, -0.2) is 58.4 Å². The van der Waals surface area contributed by atoms with E-state index in [1.807, 2.05) is 6.07 Å². The molecule has 0 amide bonds. The van der Waals surface area contributed by atoms with E-state index in [0.29, 0.717) is 34.4 Å². The van der Waals surface area contributed by atoms with Gasteiger partial charge in [-0.25, -0.2) is 4.98 Å². The highest BCUT2D eigenvalue weighted by Gasteiger charge is 2.36. The van der Waals surface area contributed by atoms with E-state index in [1.165, 1.54) is 11.3 Å². The zero-order valence-electron chi connectivity index (χ0n) is 15.2. The summed E-state index contributed by atoms with van der Waals surface area (Å²) >= 11 is 1.38. The van der Waals surface area contributed by atoms with Crippen LogP contribution in [-0.2, 0) is 4.74 Å². The van der Waals surface area contributed by atoms with Gasteiger partial charge in [0, 0.05) is 17.4 Å². The molecule has 1 fully saturated rings. The molecule has 3 aromatic rings. The molecule has 0 spiro atoms. The normalized spacial score (nSPS) is 21.8. The number of benzene rings is 1. The number of rotatable bonds is 6. The number of aromatic nitrogens is 3. The zero-order chi connectivity index (χ0) is 19.7. The molecule has 0 aliphatic carbocycles. The number of aliphatic hydroxyl groups is 2. The molecule has 28 heavy (non-hydrogen) atoms. The second kappa shape index (κ2) is 7.84. The zero-order valence-corrected chi connectivity index (χ0v) is 16.0. The van der Waals surface area contributed by atoms with Gasteiger partial charge in [-0.05, 0) is 18.2 Å². The van der Waals surface area contributed by atoms with Crippen LogP contribution in [0, 0.1) is 0 Å². The van der Waals surface area contributed by atoms with Gasteiger partial charge in [-0.1, -0.05) is 5.16 Å². The fourth-order valence-electron chi connectivity index (χ4n) is 3.01. The maximum atomic E-state index is 9.89. The van der Waals surface area contributed by atoms with Gasteiger partial charge in [0.1, 0.15) is 22.9 Å². The predicted octanol–water partition coefficient (Wildman–Crippen LogP) is 2.06. The van der Waals surface area contributed by atoms with E-state index in [1.54, 1.807) is 31.7 Å². The summed E-state index contributed by atoms with van der Waals surface area (Å²) < 4.78 is 21.5. The number of methoxy groups -OCH3 is 2. The Morgan fingerprint density at radius 2 is 2.04 bits per heavy atom. The molecular formula is C18H19N3O6S. The van der Waals surface area contributed by atoms with Crippen LogP contribution in [0.3, 0.4) is 0 Å². The SMILES string of the molecule is COc1ccc(-c2noc(-c3csc([C@@H]4C[C@H](O)[C@@H](CO)O4)n3)n2)cc1OC. The number of nitrogens with zero attached hydrogens (tertiary/aromatic N) is 3. The molecule has 2 N–H and O–H groups in total. The van der Waals surface area contributed by atoms with Crippen molar-refractivity contribution < 1.29 is 28.9 Å². The van der Waals surface area contributed by atoms with E-state index in [4.69, 9.17) is 18.7 Å². The van der Waals surface area contributed by atoms with Gasteiger partial charge in [0.15, 0.2) is 11.5 Å². The molecule has 148 valence electrons. The Labute approximate surface area is 164 Å². The minimum Gasteiger partial charge on any atom is -0.493 e. The van der Waals surface area contributed by atoms with Gasteiger partial charge in [-0.2, -0.15) is 4.98 Å². The summed E-state index contributed by atoms with van der Waals surface area (Å²) in [5.41, 5.74) is 1.25. The van der Waals surface area contributed by atoms with Crippen molar-refractivity contribution in [2.24, 2.45) is 0 Å². The van der Waals surface area contributed by atoms with Gasteiger partial charge in [0.05, 0.1) is 26.9 Å². The molecule has 10 heteroatoms. The highest BCUT2D eigenvalue weighted by Crippen LogP contribution is 2.36. The molecule has 0 bridgehead atoms. The molecule has 9 nitrogen and oxygen atoms in total. The van der Waals surface area contributed by atoms with Crippen LogP contribution in [0.4, 0.5) is 0 Å². The molecule has 3 heterocycles. The van der Waals surface area contributed by atoms with E-state index in [9.17, 15) is 10.2 Å². The number of aliphatic hydroxyl groups excluding tert-OH is 2. The molecular weight excluding hydrogens is 386 g/mol. The number of ether oxygens (including phenoxy) is 3. The first kappa shape index (κ1) is 18.8. The van der Waals surface area contributed by atoms with E-state index in [0.717, 1.165) is 5.56 Å². The second-order valence-corrected chi connectivity index (χ2v) is 7.10. The molecule has 0 saturated carbocycles. The lowest BCUT2D eigenvalue weighted by Crippen LogP contribution is -2.24. The van der Waals surface area contributed by atoms with E-state index in [-0.39, 0.29) is 18.6 Å². The monoisotopic (exact) mass is 405 g/mol. The molecule has 1 saturated heterocycles. The van der Waals surface area contributed by atoms with Gasteiger partial charge < -0.3 is 28.9 Å². The lowest BCUT2D eigenvalue weighted by Gasteiger charge is -2.09. The van der Waals surface area contributed by atoms with Crippen molar-refractivity contribution in [1.29, 1.82) is 0 Å². The number of hydrogen-bond donors (Lipinski definition) is 2. The van der Waals surface area contributed by atoms with Gasteiger partial charge in [-0.15, -0.1) is 11.3 Å². The quantitative estimate of drug-likeness (QED) is 0.635. The highest BCUT2D eigenvalue weighted by molar-refractivity contribution is 7.10. The first-order valence-corrected chi connectivity index (χ1v) is 9.47. The van der Waals surface area contributed by atoms with Gasteiger partial charge in [0.25, 0.3) is 5.89 Å². The summed E-state index contributed by atoms with van der Waals surface area (Å²) in [6.45, 7) is -0.228. The minimum absolute atomic E-state index is 0.228. The Kier molecular flexibility index (Phi) is 5.27. The van der Waals surface area contributed by atoms with E-state index < -0.39 is 12.2 Å². The lowest BCUT2D eigenvalue weighted by atomic mass is 10.1. The van der Waals surface area contributed by atoms with Crippen LogP contribution < -0.4 is 9.47 Å². The molecule has 2 aromatic heterocycles. The molecule has 1 aliphatic rings. The van der Waals surface area contributed by atoms with Crippen molar-refractivity contribution in [1.82, 2.24) is 15.1 Å². The largest absolute Gasteiger partial charge is 0.493 e. The van der Waals surface area contributed by atoms with Crippen molar-refractivity contribution in [2.75, 3.05) is 20.8 Å². The van der Waals surface area contributed by atoms with Crippen LogP contribution in [0.5, 0.6) is 11.5 Å². The maximum Gasteiger partial charge on any atom is 0.277 e. The standard InChI is InChI=1S/C18H19N3O6S/c1-24-12-4-3-9(5-13(12)25-2)16-20-17(27-21-16)10-8-28-18(19-10)14-6-11(23)15(7-22)26-14/h3-5,8,11,14-15,22-23H,6-7H2,1-2H3/t11-,14-,15+/m0/s1. The van der Waals surface area contributed by atoms with Gasteiger partial charge >= 0.3 is 0 Å². The summed E-state index contributed by atoms with van der Waals surface area (Å²) in [5, 5.41) is 25.6. The Bertz CT molecular complexity index is 958. The van der Waals surface area contributed by atoms with E-state index in [2.05, 4.69) is 15.1 Å². The highest BCUT2D eigenvalue weighted by atomic mass is 32.1. The summed E-state index contributed by atoms with van der Waals surface area (Å²) in [6.07, 6.45) is -1.27. The summed E-state index contributed by atoms with van der Waals surface area (Å²) in [4.78, 5) is 8.90. The summed E-state index contributed by atoms with van der Waals surface area (Å²) in [6, 6.07) is 5.35. The summed E-state index contributed by atoms with van der Waals surface area (Å²) in [5.74, 6) is 1.86. The van der Waals surface area contributed by atoms with Crippen molar-refractivity contribution in [3.05, 3.63) is 28.6 Å². The van der Waals surface area contributed by atoms with Crippen molar-refractivity contribution in [2.45, 2.75) is 24.7 Å². The molecule has 3 atom stereocenters. The Morgan fingerprint density at radius 3 is 2.75 bits per heavy atom. The first-order chi connectivity index (χ1) is 13.6. The third-order valence-corrected chi connectivity index (χ3v) is 5.42. The second-order valence-electron chi connectivity index (χ2n) is 6.21. The Hall–Kier alpha value is -2.53. The number of thiazole rings is 1. The van der Waals surface area contributed by atoms with Crippen LogP contribution in [0.1, 0.15) is 17.5 Å². The molecule has 0 unspecified atom stereocenters. The Morgan fingerprint density at radius 1 is 1.21 bits per heavy atom. The van der Waals surface area contributed by atoms with Gasteiger partial charge in [0.2, 0.25) is 5.82 Å². The van der Waals surface area contributed by atoms with E-state index >= 15 is 0 Å². The molecule has 4 rings (SSSR count). The number of hydrogen-bond acceptors (Lipinski definition) is 10. The van der Waals surface area contributed by atoms with Crippen LogP contribution in [0.2, 0.25) is 0 Å². The third-order valence-electron chi connectivity index (χ3n) is 4.49. The topological polar surface area (TPSA) is 120 Å².